The maximum absolute atomic E-state index is 14.1. The molecule has 11 nitrogen and oxygen atoms in total. The SMILES string of the molecule is Cc1nc2cc(C(=O)N3CC(=O)N[C@@H](C)C(=O)N4CCC[C@@H]4C(=O)N[C@@H](C(C)C)C(=O)N[C@@H](Cc4ccccc4)C3)ccc2s1. The largest absolute Gasteiger partial charge is 0.349 e. The normalized spacial score (nSPS) is 23.7. The first-order valence-corrected chi connectivity index (χ1v) is 16.2. The second kappa shape index (κ2) is 13.8. The standard InChI is InChI=1S/C33H40N6O5S/c1-19(2)29-31(42)36-24(15-22-9-6-5-7-10-22)17-38(33(44)23-12-13-27-25(16-23)35-21(4)45-27)18-28(40)34-20(3)32(43)39-14-8-11-26(39)30(41)37-29/h5-7,9-10,12-13,16,19-20,24,26,29H,8,11,14-15,17-18H2,1-4H3,(H,34,40)(H,36,42)(H,37,41)/t20-,24-,26+,29-/m0/s1. The highest BCUT2D eigenvalue weighted by molar-refractivity contribution is 7.18. The van der Waals surface area contributed by atoms with Gasteiger partial charge in [0.15, 0.2) is 0 Å². The predicted octanol–water partition coefficient (Wildman–Crippen LogP) is 2.42. The van der Waals surface area contributed by atoms with Gasteiger partial charge in [-0.1, -0.05) is 44.2 Å². The summed E-state index contributed by atoms with van der Waals surface area (Å²) in [6.07, 6.45) is 1.48. The number of amides is 5. The molecule has 3 N–H and O–H groups in total. The first-order chi connectivity index (χ1) is 21.5. The van der Waals surface area contributed by atoms with Crippen LogP contribution in [0.15, 0.2) is 48.5 Å². The lowest BCUT2D eigenvalue weighted by atomic mass is 10.00. The zero-order chi connectivity index (χ0) is 32.2. The van der Waals surface area contributed by atoms with Crippen LogP contribution in [0.5, 0.6) is 0 Å². The molecule has 238 valence electrons. The number of carbonyl (C=O) groups excluding carboxylic acids is 5. The van der Waals surface area contributed by atoms with Gasteiger partial charge in [-0.2, -0.15) is 0 Å². The van der Waals surface area contributed by atoms with Crippen LogP contribution in [0, 0.1) is 12.8 Å². The Balaban J connectivity index is 1.52. The summed E-state index contributed by atoms with van der Waals surface area (Å²) in [5.74, 6) is -2.34. The number of fused-ring (bicyclic) bond motifs is 2. The smallest absolute Gasteiger partial charge is 0.254 e. The maximum Gasteiger partial charge on any atom is 0.254 e. The highest BCUT2D eigenvalue weighted by Gasteiger charge is 2.39. The van der Waals surface area contributed by atoms with Gasteiger partial charge in [-0.05, 0) is 62.8 Å². The quantitative estimate of drug-likeness (QED) is 0.404. The van der Waals surface area contributed by atoms with Crippen LogP contribution in [0.1, 0.15) is 54.5 Å². The van der Waals surface area contributed by atoms with Gasteiger partial charge in [0.2, 0.25) is 23.6 Å². The Hall–Kier alpha value is -4.32. The third-order valence-electron chi connectivity index (χ3n) is 8.31. The Bertz CT molecular complexity index is 1590. The van der Waals surface area contributed by atoms with E-state index in [1.165, 1.54) is 21.1 Å². The van der Waals surface area contributed by atoms with Crippen molar-refractivity contribution in [1.29, 1.82) is 0 Å². The highest BCUT2D eigenvalue weighted by Crippen LogP contribution is 2.24. The van der Waals surface area contributed by atoms with Crippen molar-refractivity contribution >= 4 is 51.1 Å². The number of thiazole rings is 1. The zero-order valence-electron chi connectivity index (χ0n) is 26.0. The van der Waals surface area contributed by atoms with Crippen LogP contribution in [0.25, 0.3) is 10.2 Å². The third kappa shape index (κ3) is 7.50. The molecular weight excluding hydrogens is 592 g/mol. The van der Waals surface area contributed by atoms with Crippen LogP contribution in [0.4, 0.5) is 0 Å². The molecule has 2 aliphatic heterocycles. The number of rotatable bonds is 4. The number of benzene rings is 2. The first kappa shape index (κ1) is 32.1. The fourth-order valence-electron chi connectivity index (χ4n) is 6.05. The number of aryl methyl sites for hydroxylation is 1. The van der Waals surface area contributed by atoms with E-state index < -0.39 is 47.8 Å². The first-order valence-electron chi connectivity index (χ1n) is 15.4. The van der Waals surface area contributed by atoms with Gasteiger partial charge < -0.3 is 25.8 Å². The molecule has 5 rings (SSSR count). The second-order valence-corrected chi connectivity index (χ2v) is 13.4. The number of nitrogens with one attached hydrogen (secondary N) is 3. The van der Waals surface area contributed by atoms with Gasteiger partial charge in [-0.3, -0.25) is 24.0 Å². The summed E-state index contributed by atoms with van der Waals surface area (Å²) in [4.78, 5) is 75.5. The lowest BCUT2D eigenvalue weighted by molar-refractivity contribution is -0.142. The van der Waals surface area contributed by atoms with E-state index in [4.69, 9.17) is 0 Å². The van der Waals surface area contributed by atoms with E-state index in [0.29, 0.717) is 36.9 Å². The Morgan fingerprint density at radius 1 is 1.02 bits per heavy atom. The fraction of sp³-hybridized carbons (Fsp3) is 0.455. The van der Waals surface area contributed by atoms with Crippen LogP contribution in [-0.2, 0) is 25.6 Å². The van der Waals surface area contributed by atoms with Crippen molar-refractivity contribution in [3.05, 3.63) is 64.7 Å². The van der Waals surface area contributed by atoms with Gasteiger partial charge in [0.1, 0.15) is 18.1 Å². The van der Waals surface area contributed by atoms with Crippen molar-refractivity contribution in [3.63, 3.8) is 0 Å². The molecule has 3 aromatic rings. The molecule has 0 aliphatic carbocycles. The Kier molecular flexibility index (Phi) is 9.81. The number of hydrogen-bond acceptors (Lipinski definition) is 7. The number of hydrogen-bond donors (Lipinski definition) is 3. The van der Waals surface area contributed by atoms with Crippen LogP contribution >= 0.6 is 11.3 Å². The molecule has 0 saturated carbocycles. The Labute approximate surface area is 266 Å². The van der Waals surface area contributed by atoms with E-state index in [0.717, 1.165) is 15.3 Å². The molecule has 4 atom stereocenters. The fourth-order valence-corrected chi connectivity index (χ4v) is 6.86. The van der Waals surface area contributed by atoms with Gasteiger partial charge in [-0.25, -0.2) is 4.98 Å². The Morgan fingerprint density at radius 2 is 1.78 bits per heavy atom. The van der Waals surface area contributed by atoms with E-state index in [1.54, 1.807) is 19.1 Å². The molecule has 0 unspecified atom stereocenters. The molecule has 0 spiro atoms. The maximum atomic E-state index is 14.1. The summed E-state index contributed by atoms with van der Waals surface area (Å²) in [6.45, 7) is 7.22. The second-order valence-electron chi connectivity index (χ2n) is 12.2. The Morgan fingerprint density at radius 3 is 2.51 bits per heavy atom. The van der Waals surface area contributed by atoms with E-state index in [2.05, 4.69) is 20.9 Å². The number of carbonyl (C=O) groups is 5. The summed E-state index contributed by atoms with van der Waals surface area (Å²) < 4.78 is 0.947. The summed E-state index contributed by atoms with van der Waals surface area (Å²) >= 11 is 1.53. The molecular formula is C33H40N6O5S. The molecule has 2 aromatic carbocycles. The van der Waals surface area contributed by atoms with Gasteiger partial charge >= 0.3 is 0 Å². The van der Waals surface area contributed by atoms with Gasteiger partial charge in [0.05, 0.1) is 27.8 Å². The molecule has 2 fully saturated rings. The molecule has 0 radical (unpaired) electrons. The minimum atomic E-state index is -0.914. The molecule has 5 amide bonds. The molecule has 3 heterocycles. The van der Waals surface area contributed by atoms with Crippen LogP contribution in [0.2, 0.25) is 0 Å². The molecule has 45 heavy (non-hydrogen) atoms. The molecule has 2 aliphatic rings. The summed E-state index contributed by atoms with van der Waals surface area (Å²) in [6, 6.07) is 11.7. The van der Waals surface area contributed by atoms with Crippen molar-refractivity contribution in [2.45, 2.75) is 71.1 Å². The van der Waals surface area contributed by atoms with E-state index >= 15 is 0 Å². The lowest BCUT2D eigenvalue weighted by Crippen LogP contribution is -2.58. The van der Waals surface area contributed by atoms with E-state index in [9.17, 15) is 24.0 Å². The minimum absolute atomic E-state index is 0.0108. The average molecular weight is 633 g/mol. The molecule has 0 bridgehead atoms. The van der Waals surface area contributed by atoms with Crippen molar-refractivity contribution in [2.75, 3.05) is 19.6 Å². The molecule has 12 heteroatoms. The van der Waals surface area contributed by atoms with E-state index in [1.807, 2.05) is 57.2 Å². The lowest BCUT2D eigenvalue weighted by Gasteiger charge is -2.31. The van der Waals surface area contributed by atoms with Gasteiger partial charge in [0, 0.05) is 18.7 Å². The van der Waals surface area contributed by atoms with E-state index in [-0.39, 0.29) is 24.9 Å². The van der Waals surface area contributed by atoms with Gasteiger partial charge in [0.25, 0.3) is 5.91 Å². The van der Waals surface area contributed by atoms with Crippen molar-refractivity contribution in [3.8, 4) is 0 Å². The third-order valence-corrected chi connectivity index (χ3v) is 9.26. The van der Waals surface area contributed by atoms with Gasteiger partial charge in [-0.15, -0.1) is 11.3 Å². The topological polar surface area (TPSA) is 141 Å². The monoisotopic (exact) mass is 632 g/mol. The van der Waals surface area contributed by atoms with Crippen LogP contribution in [0.3, 0.4) is 0 Å². The summed E-state index contributed by atoms with van der Waals surface area (Å²) in [5.41, 5.74) is 1.98. The summed E-state index contributed by atoms with van der Waals surface area (Å²) in [7, 11) is 0. The highest BCUT2D eigenvalue weighted by atomic mass is 32.1. The molecule has 2 saturated heterocycles. The van der Waals surface area contributed by atoms with Crippen molar-refractivity contribution in [2.24, 2.45) is 5.92 Å². The van der Waals surface area contributed by atoms with Crippen LogP contribution < -0.4 is 16.0 Å². The van der Waals surface area contributed by atoms with Crippen molar-refractivity contribution < 1.29 is 24.0 Å². The minimum Gasteiger partial charge on any atom is -0.349 e. The average Bonchev–Trinajstić information content (AvgIpc) is 3.64. The van der Waals surface area contributed by atoms with Crippen LogP contribution in [-0.4, -0.2) is 88.1 Å². The van der Waals surface area contributed by atoms with Crippen molar-refractivity contribution in [1.82, 2.24) is 30.7 Å². The number of aromatic nitrogens is 1. The molecule has 1 aromatic heterocycles. The zero-order valence-corrected chi connectivity index (χ0v) is 26.9. The predicted molar refractivity (Wildman–Crippen MR) is 171 cm³/mol. The number of nitrogens with zero attached hydrogens (tertiary/aromatic N) is 3. The summed E-state index contributed by atoms with van der Waals surface area (Å²) in [5, 5.41) is 9.59.